The zero-order valence-electron chi connectivity index (χ0n) is 12.1. The Morgan fingerprint density at radius 3 is 2.90 bits per heavy atom. The van der Waals surface area contributed by atoms with Crippen LogP contribution >= 0.6 is 23.2 Å². The quantitative estimate of drug-likeness (QED) is 0.839. The third kappa shape index (κ3) is 5.85. The van der Waals surface area contributed by atoms with Crippen LogP contribution in [-0.4, -0.2) is 25.5 Å². The van der Waals surface area contributed by atoms with Gasteiger partial charge in [-0.15, -0.1) is 0 Å². The maximum Gasteiger partial charge on any atom is 0.220 e. The molecule has 1 unspecified atom stereocenters. The van der Waals surface area contributed by atoms with E-state index >= 15 is 0 Å². The van der Waals surface area contributed by atoms with Crippen LogP contribution in [0, 0.1) is 5.92 Å². The van der Waals surface area contributed by atoms with Crippen LogP contribution in [0.2, 0.25) is 10.0 Å². The first-order chi connectivity index (χ1) is 10.1. The van der Waals surface area contributed by atoms with Gasteiger partial charge in [0.05, 0.1) is 10.0 Å². The highest BCUT2D eigenvalue weighted by molar-refractivity contribution is 6.42. The molecule has 2 rings (SSSR count). The minimum Gasteiger partial charge on any atom is -0.356 e. The number of piperidine rings is 1. The Labute approximate surface area is 136 Å². The number of rotatable bonds is 6. The molecule has 0 aromatic heterocycles. The van der Waals surface area contributed by atoms with Crippen molar-refractivity contribution >= 4 is 29.1 Å². The third-order valence-corrected chi connectivity index (χ3v) is 4.58. The van der Waals surface area contributed by atoms with Crippen molar-refractivity contribution in [3.63, 3.8) is 0 Å². The molecule has 5 heteroatoms. The van der Waals surface area contributed by atoms with E-state index in [2.05, 4.69) is 10.6 Å². The molecule has 1 amide bonds. The lowest BCUT2D eigenvalue weighted by Gasteiger charge is -2.22. The first-order valence-corrected chi connectivity index (χ1v) is 8.32. The predicted molar refractivity (Wildman–Crippen MR) is 88.0 cm³/mol. The summed E-state index contributed by atoms with van der Waals surface area (Å²) in [7, 11) is 0. The molecule has 3 nitrogen and oxygen atoms in total. The molecule has 0 aliphatic carbocycles. The lowest BCUT2D eigenvalue weighted by Crippen LogP contribution is -2.38. The fourth-order valence-corrected chi connectivity index (χ4v) is 2.91. The number of carbonyl (C=O) groups excluding carboxylic acids is 1. The number of hydrogen-bond donors (Lipinski definition) is 2. The van der Waals surface area contributed by atoms with Crippen molar-refractivity contribution in [2.75, 3.05) is 19.6 Å². The first-order valence-electron chi connectivity index (χ1n) is 7.56. The molecule has 2 N–H and O–H groups in total. The zero-order chi connectivity index (χ0) is 15.1. The van der Waals surface area contributed by atoms with E-state index in [1.54, 1.807) is 6.07 Å². The van der Waals surface area contributed by atoms with Crippen LogP contribution in [0.3, 0.4) is 0 Å². The summed E-state index contributed by atoms with van der Waals surface area (Å²) in [6.45, 7) is 2.91. The number of nitrogens with one attached hydrogen (secondary N) is 2. The molecular weight excluding hydrogens is 307 g/mol. The summed E-state index contributed by atoms with van der Waals surface area (Å²) in [4.78, 5) is 11.8. The van der Waals surface area contributed by atoms with Gasteiger partial charge < -0.3 is 10.6 Å². The van der Waals surface area contributed by atoms with E-state index < -0.39 is 0 Å². The average Bonchev–Trinajstić information content (AvgIpc) is 2.50. The minimum absolute atomic E-state index is 0.139. The SMILES string of the molecule is O=C(CCCc1ccc(Cl)c(Cl)c1)NCC1CCCNC1. The van der Waals surface area contributed by atoms with Crippen LogP contribution in [0.15, 0.2) is 18.2 Å². The van der Waals surface area contributed by atoms with Crippen molar-refractivity contribution in [3.05, 3.63) is 33.8 Å². The largest absolute Gasteiger partial charge is 0.356 e. The van der Waals surface area contributed by atoms with Gasteiger partial charge in [0.15, 0.2) is 0 Å². The van der Waals surface area contributed by atoms with Gasteiger partial charge in [0.2, 0.25) is 5.91 Å². The molecule has 0 bridgehead atoms. The van der Waals surface area contributed by atoms with Gasteiger partial charge in [0.1, 0.15) is 0 Å². The second kappa shape index (κ2) is 8.62. The van der Waals surface area contributed by atoms with Crippen molar-refractivity contribution in [1.29, 1.82) is 0 Å². The molecule has 1 heterocycles. The predicted octanol–water partition coefficient (Wildman–Crippen LogP) is 3.43. The molecule has 21 heavy (non-hydrogen) atoms. The Bertz CT molecular complexity index is 473. The van der Waals surface area contributed by atoms with Crippen LogP contribution in [0.5, 0.6) is 0 Å². The lowest BCUT2D eigenvalue weighted by atomic mass is 10.00. The normalized spacial score (nSPS) is 18.5. The summed E-state index contributed by atoms with van der Waals surface area (Å²) < 4.78 is 0. The molecule has 1 aliphatic heterocycles. The van der Waals surface area contributed by atoms with Crippen LogP contribution in [0.25, 0.3) is 0 Å². The van der Waals surface area contributed by atoms with Crippen LogP contribution in [0.4, 0.5) is 0 Å². The second-order valence-corrected chi connectivity index (χ2v) is 6.43. The topological polar surface area (TPSA) is 41.1 Å². The van der Waals surface area contributed by atoms with Crippen LogP contribution < -0.4 is 10.6 Å². The zero-order valence-corrected chi connectivity index (χ0v) is 13.6. The van der Waals surface area contributed by atoms with E-state index in [4.69, 9.17) is 23.2 Å². The van der Waals surface area contributed by atoms with Crippen molar-refractivity contribution in [2.45, 2.75) is 32.1 Å². The Kier molecular flexibility index (Phi) is 6.81. The van der Waals surface area contributed by atoms with E-state index in [1.165, 1.54) is 12.8 Å². The highest BCUT2D eigenvalue weighted by Gasteiger charge is 2.13. The summed E-state index contributed by atoms with van der Waals surface area (Å²) in [6, 6.07) is 5.63. The van der Waals surface area contributed by atoms with Gasteiger partial charge >= 0.3 is 0 Å². The molecule has 0 spiro atoms. The van der Waals surface area contributed by atoms with Crippen molar-refractivity contribution in [1.82, 2.24) is 10.6 Å². The van der Waals surface area contributed by atoms with Gasteiger partial charge in [-0.3, -0.25) is 4.79 Å². The van der Waals surface area contributed by atoms with Gasteiger partial charge in [-0.25, -0.2) is 0 Å². The first kappa shape index (κ1) is 16.6. The number of carbonyl (C=O) groups is 1. The van der Waals surface area contributed by atoms with Gasteiger partial charge in [-0.2, -0.15) is 0 Å². The van der Waals surface area contributed by atoms with Gasteiger partial charge in [0, 0.05) is 13.0 Å². The Hall–Kier alpha value is -0.770. The van der Waals surface area contributed by atoms with E-state index in [0.717, 1.165) is 38.0 Å². The maximum atomic E-state index is 11.8. The second-order valence-electron chi connectivity index (χ2n) is 5.62. The minimum atomic E-state index is 0.139. The number of hydrogen-bond acceptors (Lipinski definition) is 2. The molecule has 1 aliphatic rings. The number of amides is 1. The fourth-order valence-electron chi connectivity index (χ4n) is 2.59. The van der Waals surface area contributed by atoms with E-state index in [0.29, 0.717) is 22.4 Å². The summed E-state index contributed by atoms with van der Waals surface area (Å²) in [5, 5.41) is 7.53. The molecule has 1 saturated heterocycles. The van der Waals surface area contributed by atoms with Crippen molar-refractivity contribution in [3.8, 4) is 0 Å². The molecular formula is C16H22Cl2N2O. The molecule has 1 aromatic rings. The number of benzene rings is 1. The molecule has 0 radical (unpaired) electrons. The summed E-state index contributed by atoms with van der Waals surface area (Å²) >= 11 is 11.9. The van der Waals surface area contributed by atoms with E-state index in [9.17, 15) is 4.79 Å². The van der Waals surface area contributed by atoms with Crippen molar-refractivity contribution < 1.29 is 4.79 Å². The Morgan fingerprint density at radius 1 is 1.33 bits per heavy atom. The molecule has 1 fully saturated rings. The highest BCUT2D eigenvalue weighted by atomic mass is 35.5. The molecule has 116 valence electrons. The van der Waals surface area contributed by atoms with Crippen LogP contribution in [-0.2, 0) is 11.2 Å². The van der Waals surface area contributed by atoms with Gasteiger partial charge in [0.25, 0.3) is 0 Å². The Morgan fingerprint density at radius 2 is 2.19 bits per heavy atom. The molecule has 1 atom stereocenters. The maximum absolute atomic E-state index is 11.8. The summed E-state index contributed by atoms with van der Waals surface area (Å²) in [6.07, 6.45) is 4.64. The Balaban J connectivity index is 1.63. The van der Waals surface area contributed by atoms with E-state index in [-0.39, 0.29) is 5.91 Å². The third-order valence-electron chi connectivity index (χ3n) is 3.84. The molecule has 1 aromatic carbocycles. The fraction of sp³-hybridized carbons (Fsp3) is 0.562. The smallest absolute Gasteiger partial charge is 0.220 e. The molecule has 0 saturated carbocycles. The van der Waals surface area contributed by atoms with Crippen LogP contribution in [0.1, 0.15) is 31.2 Å². The van der Waals surface area contributed by atoms with Crippen molar-refractivity contribution in [2.24, 2.45) is 5.92 Å². The van der Waals surface area contributed by atoms with Gasteiger partial charge in [-0.1, -0.05) is 29.3 Å². The average molecular weight is 329 g/mol. The number of aryl methyl sites for hydroxylation is 1. The number of halogens is 2. The monoisotopic (exact) mass is 328 g/mol. The standard InChI is InChI=1S/C16H22Cl2N2O/c17-14-7-6-12(9-15(14)18)3-1-5-16(21)20-11-13-4-2-8-19-10-13/h6-7,9,13,19H,1-5,8,10-11H2,(H,20,21). The summed E-state index contributed by atoms with van der Waals surface area (Å²) in [5.41, 5.74) is 1.12. The highest BCUT2D eigenvalue weighted by Crippen LogP contribution is 2.23. The lowest BCUT2D eigenvalue weighted by molar-refractivity contribution is -0.121. The van der Waals surface area contributed by atoms with Gasteiger partial charge in [-0.05, 0) is 62.4 Å². The summed E-state index contributed by atoms with van der Waals surface area (Å²) in [5.74, 6) is 0.721. The van der Waals surface area contributed by atoms with E-state index in [1.807, 2.05) is 12.1 Å².